The molecule has 3 heteroatoms. The van der Waals surface area contributed by atoms with Gasteiger partial charge in [0.25, 0.3) is 0 Å². The highest BCUT2D eigenvalue weighted by molar-refractivity contribution is 5.72. The second-order valence-corrected chi connectivity index (χ2v) is 4.60. The van der Waals surface area contributed by atoms with Crippen molar-refractivity contribution in [1.82, 2.24) is 4.90 Å². The van der Waals surface area contributed by atoms with Crippen LogP contribution in [-0.2, 0) is 16.1 Å². The van der Waals surface area contributed by atoms with Gasteiger partial charge >= 0.3 is 5.97 Å². The third kappa shape index (κ3) is 3.84. The van der Waals surface area contributed by atoms with Crippen molar-refractivity contribution >= 4 is 5.97 Å². The Morgan fingerprint density at radius 2 is 1.89 bits per heavy atom. The Morgan fingerprint density at radius 3 is 2.39 bits per heavy atom. The first-order valence-electron chi connectivity index (χ1n) is 6.46. The number of hydrogen-bond donors (Lipinski definition) is 0. The predicted octanol–water partition coefficient (Wildman–Crippen LogP) is 2.71. The van der Waals surface area contributed by atoms with Crippen molar-refractivity contribution in [3.63, 3.8) is 0 Å². The third-order valence-corrected chi connectivity index (χ3v) is 3.51. The van der Waals surface area contributed by atoms with Crippen LogP contribution in [0.5, 0.6) is 0 Å². The Labute approximate surface area is 110 Å². The maximum atomic E-state index is 11.6. The van der Waals surface area contributed by atoms with Crippen LogP contribution < -0.4 is 0 Å². The molecule has 18 heavy (non-hydrogen) atoms. The van der Waals surface area contributed by atoms with Crippen LogP contribution in [0.15, 0.2) is 30.3 Å². The first-order valence-corrected chi connectivity index (χ1v) is 6.46. The lowest BCUT2D eigenvalue weighted by molar-refractivity contribution is -0.147. The highest BCUT2D eigenvalue weighted by atomic mass is 16.5. The molecule has 0 aliphatic heterocycles. The fourth-order valence-corrected chi connectivity index (χ4v) is 2.06. The summed E-state index contributed by atoms with van der Waals surface area (Å²) < 4.78 is 4.81. The van der Waals surface area contributed by atoms with Gasteiger partial charge in [-0.25, -0.2) is 0 Å². The van der Waals surface area contributed by atoms with Gasteiger partial charge in [0.2, 0.25) is 0 Å². The number of hydrogen-bond acceptors (Lipinski definition) is 3. The van der Waals surface area contributed by atoms with Gasteiger partial charge in [0.15, 0.2) is 0 Å². The zero-order chi connectivity index (χ0) is 13.5. The maximum absolute atomic E-state index is 11.6. The smallest absolute Gasteiger partial charge is 0.309 e. The van der Waals surface area contributed by atoms with E-state index >= 15 is 0 Å². The lowest BCUT2D eigenvalue weighted by Crippen LogP contribution is -2.40. The van der Waals surface area contributed by atoms with Crippen LogP contribution >= 0.6 is 0 Å². The second-order valence-electron chi connectivity index (χ2n) is 4.60. The molecule has 0 bridgehead atoms. The van der Waals surface area contributed by atoms with E-state index in [0.717, 1.165) is 13.1 Å². The van der Waals surface area contributed by atoms with Gasteiger partial charge in [0.05, 0.1) is 13.0 Å². The van der Waals surface area contributed by atoms with E-state index in [1.165, 1.54) is 12.7 Å². The highest BCUT2D eigenvalue weighted by Gasteiger charge is 2.25. The molecule has 0 saturated heterocycles. The summed E-state index contributed by atoms with van der Waals surface area (Å²) in [5, 5.41) is 0. The molecule has 2 atom stereocenters. The van der Waals surface area contributed by atoms with E-state index in [2.05, 4.69) is 30.9 Å². The number of esters is 1. The second kappa shape index (κ2) is 7.17. The van der Waals surface area contributed by atoms with E-state index in [-0.39, 0.29) is 17.9 Å². The Morgan fingerprint density at radius 1 is 1.28 bits per heavy atom. The number of rotatable bonds is 6. The minimum absolute atomic E-state index is 0.112. The summed E-state index contributed by atoms with van der Waals surface area (Å²) in [4.78, 5) is 13.9. The lowest BCUT2D eigenvalue weighted by atomic mass is 10.0. The van der Waals surface area contributed by atoms with Gasteiger partial charge in [-0.2, -0.15) is 0 Å². The molecular weight excluding hydrogens is 226 g/mol. The molecule has 0 aromatic heterocycles. The van der Waals surface area contributed by atoms with Crippen LogP contribution in [0.4, 0.5) is 0 Å². The Kier molecular flexibility index (Phi) is 5.86. The van der Waals surface area contributed by atoms with Crippen LogP contribution in [-0.4, -0.2) is 30.6 Å². The summed E-state index contributed by atoms with van der Waals surface area (Å²) in [5.41, 5.74) is 1.27. The van der Waals surface area contributed by atoms with Gasteiger partial charge in [-0.3, -0.25) is 9.69 Å². The number of carbonyl (C=O) groups excluding carboxylic acids is 1. The average Bonchev–Trinajstić information content (AvgIpc) is 2.43. The fraction of sp³-hybridized carbons (Fsp3) is 0.533. The number of carbonyl (C=O) groups is 1. The van der Waals surface area contributed by atoms with E-state index in [1.54, 1.807) is 0 Å². The van der Waals surface area contributed by atoms with Crippen LogP contribution in [0, 0.1) is 5.92 Å². The summed E-state index contributed by atoms with van der Waals surface area (Å²) in [7, 11) is 1.44. The number of ether oxygens (including phenoxy) is 1. The molecule has 100 valence electrons. The summed E-state index contributed by atoms with van der Waals surface area (Å²) in [6, 6.07) is 10.5. The molecule has 0 saturated carbocycles. The normalized spacial score (nSPS) is 14.3. The molecule has 0 aliphatic carbocycles. The minimum atomic E-state index is -0.144. The van der Waals surface area contributed by atoms with E-state index in [9.17, 15) is 4.79 Å². The number of nitrogens with zero attached hydrogens (tertiary/aromatic N) is 1. The molecule has 0 aliphatic rings. The van der Waals surface area contributed by atoms with Crippen molar-refractivity contribution in [3.05, 3.63) is 35.9 Å². The minimum Gasteiger partial charge on any atom is -0.469 e. The summed E-state index contributed by atoms with van der Waals surface area (Å²) in [6.07, 6.45) is 0. The van der Waals surface area contributed by atoms with Gasteiger partial charge in [-0.05, 0) is 19.0 Å². The van der Waals surface area contributed by atoms with Crippen LogP contribution in [0.1, 0.15) is 26.3 Å². The van der Waals surface area contributed by atoms with E-state index in [1.807, 2.05) is 25.1 Å². The largest absolute Gasteiger partial charge is 0.469 e. The maximum Gasteiger partial charge on any atom is 0.309 e. The standard InChI is InChI=1S/C15H23NO2/c1-5-16(11-14-9-7-6-8-10-14)13(3)12(2)15(17)18-4/h6-10,12-13H,5,11H2,1-4H3. The molecule has 1 aromatic rings. The summed E-state index contributed by atoms with van der Waals surface area (Å²) in [6.45, 7) is 7.89. The Balaban J connectivity index is 2.68. The van der Waals surface area contributed by atoms with E-state index in [0.29, 0.717) is 0 Å². The van der Waals surface area contributed by atoms with E-state index < -0.39 is 0 Å². The first kappa shape index (κ1) is 14.7. The molecule has 0 spiro atoms. The molecule has 0 heterocycles. The first-order chi connectivity index (χ1) is 8.60. The fourth-order valence-electron chi connectivity index (χ4n) is 2.06. The van der Waals surface area contributed by atoms with Crippen molar-refractivity contribution in [1.29, 1.82) is 0 Å². The zero-order valence-electron chi connectivity index (χ0n) is 11.7. The van der Waals surface area contributed by atoms with Crippen LogP contribution in [0.25, 0.3) is 0 Å². The molecule has 0 amide bonds. The average molecular weight is 249 g/mol. The predicted molar refractivity (Wildman–Crippen MR) is 73.2 cm³/mol. The highest BCUT2D eigenvalue weighted by Crippen LogP contribution is 2.15. The van der Waals surface area contributed by atoms with Crippen LogP contribution in [0.3, 0.4) is 0 Å². The lowest BCUT2D eigenvalue weighted by Gasteiger charge is -2.31. The van der Waals surface area contributed by atoms with Gasteiger partial charge < -0.3 is 4.74 Å². The molecular formula is C15H23NO2. The Hall–Kier alpha value is -1.35. The molecule has 0 radical (unpaired) electrons. The van der Waals surface area contributed by atoms with Crippen molar-refractivity contribution in [2.24, 2.45) is 5.92 Å². The SMILES string of the molecule is CCN(Cc1ccccc1)C(C)C(C)C(=O)OC. The van der Waals surface area contributed by atoms with Gasteiger partial charge in [-0.15, -0.1) is 0 Å². The summed E-state index contributed by atoms with van der Waals surface area (Å²) >= 11 is 0. The van der Waals surface area contributed by atoms with Crippen molar-refractivity contribution in [2.45, 2.75) is 33.4 Å². The molecule has 0 N–H and O–H groups in total. The van der Waals surface area contributed by atoms with Crippen LogP contribution in [0.2, 0.25) is 0 Å². The van der Waals surface area contributed by atoms with Gasteiger partial charge in [0.1, 0.15) is 0 Å². The monoisotopic (exact) mass is 249 g/mol. The Bertz CT molecular complexity index is 364. The van der Waals surface area contributed by atoms with Crippen molar-refractivity contribution in [2.75, 3.05) is 13.7 Å². The van der Waals surface area contributed by atoms with Crippen molar-refractivity contribution < 1.29 is 9.53 Å². The number of methoxy groups -OCH3 is 1. The molecule has 3 nitrogen and oxygen atoms in total. The molecule has 0 fully saturated rings. The molecule has 1 aromatic carbocycles. The van der Waals surface area contributed by atoms with Gasteiger partial charge in [-0.1, -0.05) is 44.2 Å². The summed E-state index contributed by atoms with van der Waals surface area (Å²) in [5.74, 6) is -0.257. The topological polar surface area (TPSA) is 29.5 Å². The number of benzene rings is 1. The quantitative estimate of drug-likeness (QED) is 0.726. The van der Waals surface area contributed by atoms with Gasteiger partial charge in [0, 0.05) is 12.6 Å². The van der Waals surface area contributed by atoms with E-state index in [4.69, 9.17) is 4.74 Å². The van der Waals surface area contributed by atoms with Crippen molar-refractivity contribution in [3.8, 4) is 0 Å². The third-order valence-electron chi connectivity index (χ3n) is 3.51. The molecule has 2 unspecified atom stereocenters. The zero-order valence-corrected chi connectivity index (χ0v) is 11.7. The molecule has 1 rings (SSSR count).